The van der Waals surface area contributed by atoms with Crippen molar-refractivity contribution in [2.75, 3.05) is 88.2 Å². The molecule has 0 saturated carbocycles. The molecule has 0 unspecified atom stereocenters. The molecular formula is C32H45N11O2. The number of benzene rings is 1. The molecule has 0 aliphatic carbocycles. The minimum atomic E-state index is -0.658. The Labute approximate surface area is 264 Å². The first kappa shape index (κ1) is 29.9. The highest BCUT2D eigenvalue weighted by molar-refractivity contribution is 5.97. The van der Waals surface area contributed by atoms with Gasteiger partial charge in [-0.25, -0.2) is 20.0 Å². The molecule has 6 heterocycles. The van der Waals surface area contributed by atoms with Crippen LogP contribution >= 0.6 is 0 Å². The Morgan fingerprint density at radius 2 is 1.73 bits per heavy atom. The number of nitrogens with zero attached hydrogens (tertiary/aromatic N) is 7. The summed E-state index contributed by atoms with van der Waals surface area (Å²) in [5.41, 5.74) is 10.7. The number of nitrogens with two attached hydrogens (primary N) is 1. The number of amides is 1. The fraction of sp³-hybridized carbons (Fsp3) is 0.562. The quantitative estimate of drug-likeness (QED) is 0.297. The Balaban J connectivity index is 1.04. The van der Waals surface area contributed by atoms with Gasteiger partial charge in [0.2, 0.25) is 0 Å². The maximum absolute atomic E-state index is 12.6. The standard InChI is InChI=1S/C32H45N11O2/c1-22-19-24(3-4-26(22)41-13-15-43(16-14-41)42-11-8-32(9-12-42)20-40(2)21-32)36-31-28(29(33)44)37-27(25-5-10-34-39-25)30(38-31)35-23-6-17-45-18-7-23/h3-5,10,19,23H,6-9,11-18,20-21H2,1-2H3,(H2,33,44)(H,34,39)(H2,35,36,38). The van der Waals surface area contributed by atoms with E-state index in [1.165, 1.54) is 44.7 Å². The van der Waals surface area contributed by atoms with Crippen molar-refractivity contribution >= 4 is 28.9 Å². The van der Waals surface area contributed by atoms with Crippen LogP contribution < -0.4 is 21.3 Å². The highest BCUT2D eigenvalue weighted by atomic mass is 16.5. The number of anilines is 4. The number of carbonyl (C=O) groups excluding carboxylic acids is 1. The molecule has 4 fully saturated rings. The third-order valence-corrected chi connectivity index (χ3v) is 9.90. The van der Waals surface area contributed by atoms with Gasteiger partial charge in [0.1, 0.15) is 11.4 Å². The fourth-order valence-corrected chi connectivity index (χ4v) is 7.51. The van der Waals surface area contributed by atoms with Crippen LogP contribution in [0.3, 0.4) is 0 Å². The predicted molar refractivity (Wildman–Crippen MR) is 175 cm³/mol. The zero-order valence-electron chi connectivity index (χ0n) is 26.4. The molecule has 240 valence electrons. The summed E-state index contributed by atoms with van der Waals surface area (Å²) in [6, 6.07) is 8.27. The molecule has 13 heteroatoms. The van der Waals surface area contributed by atoms with Gasteiger partial charge in [-0.1, -0.05) is 0 Å². The van der Waals surface area contributed by atoms with Crippen molar-refractivity contribution in [3.63, 3.8) is 0 Å². The molecule has 0 atom stereocenters. The molecule has 0 radical (unpaired) electrons. The number of nitrogens with one attached hydrogen (secondary N) is 3. The van der Waals surface area contributed by atoms with E-state index >= 15 is 0 Å². The molecule has 45 heavy (non-hydrogen) atoms. The Kier molecular flexibility index (Phi) is 8.34. The maximum Gasteiger partial charge on any atom is 0.271 e. The summed E-state index contributed by atoms with van der Waals surface area (Å²) in [4.78, 5) is 27.0. The van der Waals surface area contributed by atoms with Gasteiger partial charge in [0.05, 0.1) is 0 Å². The third kappa shape index (κ3) is 6.35. The van der Waals surface area contributed by atoms with Gasteiger partial charge in [0, 0.05) is 89.2 Å². The average Bonchev–Trinajstić information content (AvgIpc) is 3.57. The van der Waals surface area contributed by atoms with Crippen molar-refractivity contribution in [3.8, 4) is 11.4 Å². The van der Waals surface area contributed by atoms with E-state index in [1.54, 1.807) is 12.3 Å². The van der Waals surface area contributed by atoms with Crippen LogP contribution in [0.25, 0.3) is 11.4 Å². The lowest BCUT2D eigenvalue weighted by molar-refractivity contribution is -0.105. The lowest BCUT2D eigenvalue weighted by atomic mass is 9.72. The number of likely N-dealkylation sites (tertiary alicyclic amines) is 1. The summed E-state index contributed by atoms with van der Waals surface area (Å²) in [5, 5.41) is 19.1. The van der Waals surface area contributed by atoms with Crippen molar-refractivity contribution in [2.24, 2.45) is 11.1 Å². The summed E-state index contributed by atoms with van der Waals surface area (Å²) in [6.07, 6.45) is 6.05. The zero-order valence-corrected chi connectivity index (χ0v) is 26.4. The minimum absolute atomic E-state index is 0.0661. The summed E-state index contributed by atoms with van der Waals surface area (Å²) in [6.45, 7) is 12.4. The molecule has 1 amide bonds. The number of ether oxygens (including phenoxy) is 1. The van der Waals surface area contributed by atoms with E-state index in [2.05, 4.69) is 71.7 Å². The van der Waals surface area contributed by atoms with E-state index in [-0.39, 0.29) is 11.7 Å². The lowest BCUT2D eigenvalue weighted by Crippen LogP contribution is -2.62. The van der Waals surface area contributed by atoms with E-state index in [4.69, 9.17) is 15.5 Å². The largest absolute Gasteiger partial charge is 0.381 e. The van der Waals surface area contributed by atoms with Crippen LogP contribution in [0.1, 0.15) is 41.7 Å². The van der Waals surface area contributed by atoms with Crippen LogP contribution in [0.4, 0.5) is 23.0 Å². The Bertz CT molecular complexity index is 1480. The fourth-order valence-electron chi connectivity index (χ4n) is 7.51. The topological polar surface area (TPSA) is 144 Å². The highest BCUT2D eigenvalue weighted by Crippen LogP contribution is 2.40. The predicted octanol–water partition coefficient (Wildman–Crippen LogP) is 2.67. The van der Waals surface area contributed by atoms with E-state index in [9.17, 15) is 4.79 Å². The van der Waals surface area contributed by atoms with Crippen molar-refractivity contribution in [1.29, 1.82) is 0 Å². The molecule has 13 nitrogen and oxygen atoms in total. The maximum atomic E-state index is 12.6. The number of aryl methyl sites for hydroxylation is 1. The van der Waals surface area contributed by atoms with Crippen LogP contribution in [0.5, 0.6) is 0 Å². The molecule has 7 rings (SSSR count). The number of aromatic amines is 1. The minimum Gasteiger partial charge on any atom is -0.381 e. The average molecular weight is 616 g/mol. The van der Waals surface area contributed by atoms with Crippen LogP contribution in [-0.4, -0.2) is 120 Å². The smallest absolute Gasteiger partial charge is 0.271 e. The Morgan fingerprint density at radius 3 is 2.38 bits per heavy atom. The van der Waals surface area contributed by atoms with Crippen molar-refractivity contribution in [2.45, 2.75) is 38.6 Å². The molecule has 1 spiro atoms. The van der Waals surface area contributed by atoms with Gasteiger partial charge in [-0.05, 0) is 74.9 Å². The second-order valence-corrected chi connectivity index (χ2v) is 13.2. The number of carbonyl (C=O) groups is 1. The van der Waals surface area contributed by atoms with Crippen LogP contribution in [0.15, 0.2) is 30.5 Å². The first-order valence-electron chi connectivity index (χ1n) is 16.2. The first-order valence-corrected chi connectivity index (χ1v) is 16.2. The first-order chi connectivity index (χ1) is 21.9. The molecule has 4 aliphatic heterocycles. The van der Waals surface area contributed by atoms with Crippen LogP contribution in [0.2, 0.25) is 0 Å². The van der Waals surface area contributed by atoms with Crippen LogP contribution in [0, 0.1) is 12.3 Å². The molecular weight excluding hydrogens is 570 g/mol. The van der Waals surface area contributed by atoms with Gasteiger partial charge in [-0.3, -0.25) is 9.89 Å². The molecule has 3 aromatic rings. The van der Waals surface area contributed by atoms with Gasteiger partial charge in [0.25, 0.3) is 5.91 Å². The number of rotatable bonds is 8. The van der Waals surface area contributed by atoms with Crippen molar-refractivity contribution in [3.05, 3.63) is 41.7 Å². The number of H-pyrrole nitrogens is 1. The number of primary amides is 1. The Morgan fingerprint density at radius 1 is 1.00 bits per heavy atom. The van der Waals surface area contributed by atoms with Gasteiger partial charge in [0.15, 0.2) is 17.3 Å². The highest BCUT2D eigenvalue weighted by Gasteiger charge is 2.44. The number of hydrogen-bond donors (Lipinski definition) is 4. The van der Waals surface area contributed by atoms with Gasteiger partial charge in [-0.15, -0.1) is 0 Å². The van der Waals surface area contributed by atoms with E-state index < -0.39 is 5.91 Å². The molecule has 0 bridgehead atoms. The molecule has 5 N–H and O–H groups in total. The second kappa shape index (κ2) is 12.5. The number of hydrazine groups is 1. The third-order valence-electron chi connectivity index (χ3n) is 9.90. The summed E-state index contributed by atoms with van der Waals surface area (Å²) < 4.78 is 5.53. The van der Waals surface area contributed by atoms with Crippen molar-refractivity contribution < 1.29 is 9.53 Å². The number of piperazine rings is 1. The van der Waals surface area contributed by atoms with E-state index in [0.29, 0.717) is 41.7 Å². The van der Waals surface area contributed by atoms with Crippen LogP contribution in [-0.2, 0) is 4.74 Å². The summed E-state index contributed by atoms with van der Waals surface area (Å²) >= 11 is 0. The van der Waals surface area contributed by atoms with E-state index in [1.807, 2.05) is 6.07 Å². The van der Waals surface area contributed by atoms with E-state index in [0.717, 1.165) is 50.3 Å². The monoisotopic (exact) mass is 615 g/mol. The van der Waals surface area contributed by atoms with Gasteiger partial charge < -0.3 is 30.9 Å². The number of hydrogen-bond acceptors (Lipinski definition) is 11. The van der Waals surface area contributed by atoms with Crippen molar-refractivity contribution in [1.82, 2.24) is 35.1 Å². The molecule has 2 aromatic heterocycles. The summed E-state index contributed by atoms with van der Waals surface area (Å²) in [7, 11) is 2.23. The Hall–Kier alpha value is -3.78. The summed E-state index contributed by atoms with van der Waals surface area (Å²) in [5.74, 6) is 0.208. The van der Waals surface area contributed by atoms with Gasteiger partial charge >= 0.3 is 0 Å². The van der Waals surface area contributed by atoms with Gasteiger partial charge in [-0.2, -0.15) is 5.10 Å². The lowest BCUT2D eigenvalue weighted by Gasteiger charge is -2.54. The molecule has 1 aromatic carbocycles. The molecule has 4 saturated heterocycles. The number of piperidine rings is 1. The normalized spacial score (nSPS) is 21.5. The molecule has 4 aliphatic rings. The second-order valence-electron chi connectivity index (χ2n) is 13.2. The SMILES string of the molecule is Cc1cc(Nc2nc(NC3CCOCC3)c(-c3cc[nH]n3)nc2C(N)=O)ccc1N1CCN(N2CCC3(CC2)CN(C)C3)CC1. The zero-order chi connectivity index (χ0) is 31.0. The number of aromatic nitrogens is 4.